The van der Waals surface area contributed by atoms with Gasteiger partial charge in [-0.05, 0) is 5.56 Å². The number of carbonyl (C=O) groups excluding carboxylic acids is 1. The lowest BCUT2D eigenvalue weighted by molar-refractivity contribution is -0.137. The minimum absolute atomic E-state index is 0. The molecule has 1 aliphatic heterocycles. The van der Waals surface area contributed by atoms with Gasteiger partial charge in [0, 0.05) is 39.1 Å². The average Bonchev–Trinajstić information content (AvgIpc) is 3.06. The molecule has 1 saturated heterocycles. The average molecular weight is 416 g/mol. The van der Waals surface area contributed by atoms with Gasteiger partial charge in [0.1, 0.15) is 0 Å². The molecule has 7 nitrogen and oxygen atoms in total. The summed E-state index contributed by atoms with van der Waals surface area (Å²) in [4.78, 5) is 21.1. The molecule has 0 aliphatic carbocycles. The first-order chi connectivity index (χ1) is 12.0. The number of aryl methyl sites for hydroxylation is 1. The summed E-state index contributed by atoms with van der Waals surface area (Å²) in [7, 11) is 0. The van der Waals surface area contributed by atoms with Crippen LogP contribution in [0.1, 0.15) is 30.2 Å². The Hall–Kier alpha value is -1.67. The van der Waals surface area contributed by atoms with Crippen LogP contribution in [0.25, 0.3) is 0 Å². The molecule has 27 heavy (non-hydrogen) atoms. The Morgan fingerprint density at radius 3 is 2.37 bits per heavy atom. The fourth-order valence-electron chi connectivity index (χ4n) is 3.14. The Balaban J connectivity index is 0.00000182. The minimum Gasteiger partial charge on any atom is -0.340 e. The van der Waals surface area contributed by atoms with Crippen molar-refractivity contribution in [3.8, 4) is 0 Å². The van der Waals surface area contributed by atoms with Gasteiger partial charge in [-0.3, -0.25) is 9.69 Å². The van der Waals surface area contributed by atoms with Crippen LogP contribution in [0.5, 0.6) is 0 Å². The molecule has 2 atom stereocenters. The number of halogens is 2. The van der Waals surface area contributed by atoms with Gasteiger partial charge in [0.25, 0.3) is 0 Å². The highest BCUT2D eigenvalue weighted by atomic mass is 35.5. The highest BCUT2D eigenvalue weighted by Crippen LogP contribution is 2.21. The summed E-state index contributed by atoms with van der Waals surface area (Å²) < 4.78 is 5.00. The zero-order valence-electron chi connectivity index (χ0n) is 15.6. The number of piperazine rings is 1. The van der Waals surface area contributed by atoms with E-state index in [0.29, 0.717) is 31.3 Å². The Kier molecular flexibility index (Phi) is 9.18. The van der Waals surface area contributed by atoms with Crippen molar-refractivity contribution in [2.45, 2.75) is 26.4 Å². The molecule has 0 spiro atoms. The number of benzene rings is 1. The fourth-order valence-corrected chi connectivity index (χ4v) is 3.14. The standard InChI is InChI=1S/C18H25N5O2.2ClH/c1-13(17(19)15-6-4-3-5-7-15)18(24)23-10-8-22(9-11-23)12-16-20-14(2)25-21-16;;/h3-7,13,17H,8-12,19H2,1-2H3;2*1H. The highest BCUT2D eigenvalue weighted by Gasteiger charge is 2.29. The van der Waals surface area contributed by atoms with Crippen molar-refractivity contribution in [3.63, 3.8) is 0 Å². The van der Waals surface area contributed by atoms with Crippen LogP contribution < -0.4 is 5.73 Å². The summed E-state index contributed by atoms with van der Waals surface area (Å²) in [5.41, 5.74) is 7.29. The van der Waals surface area contributed by atoms with Gasteiger partial charge in [-0.1, -0.05) is 42.4 Å². The van der Waals surface area contributed by atoms with E-state index >= 15 is 0 Å². The number of hydrogen-bond donors (Lipinski definition) is 1. The van der Waals surface area contributed by atoms with Crippen molar-refractivity contribution in [3.05, 3.63) is 47.6 Å². The Morgan fingerprint density at radius 1 is 1.19 bits per heavy atom. The van der Waals surface area contributed by atoms with E-state index in [2.05, 4.69) is 15.0 Å². The van der Waals surface area contributed by atoms with Crippen molar-refractivity contribution in [1.82, 2.24) is 19.9 Å². The van der Waals surface area contributed by atoms with Gasteiger partial charge in [0.2, 0.25) is 11.8 Å². The first-order valence-electron chi connectivity index (χ1n) is 8.65. The first-order valence-corrected chi connectivity index (χ1v) is 8.65. The zero-order chi connectivity index (χ0) is 17.8. The molecule has 9 heteroatoms. The Bertz CT molecular complexity index is 705. The molecule has 0 saturated carbocycles. The van der Waals surface area contributed by atoms with E-state index in [4.69, 9.17) is 10.3 Å². The van der Waals surface area contributed by atoms with Crippen LogP contribution in [0, 0.1) is 12.8 Å². The van der Waals surface area contributed by atoms with Crippen LogP contribution in [0.15, 0.2) is 34.9 Å². The first kappa shape index (κ1) is 23.4. The van der Waals surface area contributed by atoms with Crippen molar-refractivity contribution in [1.29, 1.82) is 0 Å². The second-order valence-corrected chi connectivity index (χ2v) is 6.56. The molecule has 1 aromatic carbocycles. The highest BCUT2D eigenvalue weighted by molar-refractivity contribution is 5.85. The predicted octanol–water partition coefficient (Wildman–Crippen LogP) is 2.20. The topological polar surface area (TPSA) is 88.5 Å². The van der Waals surface area contributed by atoms with E-state index in [9.17, 15) is 4.79 Å². The SMILES string of the molecule is Cc1nc(CN2CCN(C(=O)C(C)C(N)c3ccccc3)CC2)no1.Cl.Cl. The largest absolute Gasteiger partial charge is 0.340 e. The number of aromatic nitrogens is 2. The third-order valence-electron chi connectivity index (χ3n) is 4.73. The van der Waals surface area contributed by atoms with Gasteiger partial charge in [-0.2, -0.15) is 4.98 Å². The fraction of sp³-hybridized carbons (Fsp3) is 0.500. The van der Waals surface area contributed by atoms with Crippen molar-refractivity contribution >= 4 is 30.7 Å². The van der Waals surface area contributed by atoms with Gasteiger partial charge < -0.3 is 15.2 Å². The molecule has 3 rings (SSSR count). The number of rotatable bonds is 5. The normalized spacial score (nSPS) is 16.8. The van der Waals surface area contributed by atoms with Gasteiger partial charge in [-0.15, -0.1) is 24.8 Å². The second kappa shape index (κ2) is 10.6. The summed E-state index contributed by atoms with van der Waals surface area (Å²) in [5.74, 6) is 1.14. The number of hydrogen-bond acceptors (Lipinski definition) is 6. The lowest BCUT2D eigenvalue weighted by Gasteiger charge is -2.36. The molecule has 1 aromatic heterocycles. The molecular weight excluding hydrogens is 389 g/mol. The zero-order valence-corrected chi connectivity index (χ0v) is 17.2. The van der Waals surface area contributed by atoms with E-state index in [1.807, 2.05) is 42.2 Å². The van der Waals surface area contributed by atoms with Crippen LogP contribution in [-0.4, -0.2) is 52.0 Å². The monoisotopic (exact) mass is 415 g/mol. The predicted molar refractivity (Wildman–Crippen MR) is 108 cm³/mol. The summed E-state index contributed by atoms with van der Waals surface area (Å²) in [6.07, 6.45) is 0. The van der Waals surface area contributed by atoms with Gasteiger partial charge in [-0.25, -0.2) is 0 Å². The summed E-state index contributed by atoms with van der Waals surface area (Å²) in [6, 6.07) is 9.51. The molecular formula is C18H27Cl2N5O2. The molecule has 1 fully saturated rings. The quantitative estimate of drug-likeness (QED) is 0.804. The third kappa shape index (κ3) is 5.90. The number of nitrogens with two attached hydrogens (primary N) is 1. The van der Waals surface area contributed by atoms with E-state index in [1.165, 1.54) is 0 Å². The van der Waals surface area contributed by atoms with Crippen LogP contribution in [0.3, 0.4) is 0 Å². The second-order valence-electron chi connectivity index (χ2n) is 6.56. The van der Waals surface area contributed by atoms with E-state index in [-0.39, 0.29) is 42.7 Å². The van der Waals surface area contributed by atoms with E-state index in [1.54, 1.807) is 6.92 Å². The number of carbonyl (C=O) groups is 1. The van der Waals surface area contributed by atoms with E-state index < -0.39 is 0 Å². The lowest BCUT2D eigenvalue weighted by Crippen LogP contribution is -2.50. The molecule has 2 heterocycles. The smallest absolute Gasteiger partial charge is 0.227 e. The van der Waals surface area contributed by atoms with Crippen LogP contribution in [0.2, 0.25) is 0 Å². The lowest BCUT2D eigenvalue weighted by atomic mass is 9.94. The van der Waals surface area contributed by atoms with Crippen molar-refractivity contribution in [2.24, 2.45) is 11.7 Å². The number of amides is 1. The maximum absolute atomic E-state index is 12.8. The molecule has 2 aromatic rings. The van der Waals surface area contributed by atoms with Crippen LogP contribution >= 0.6 is 24.8 Å². The number of nitrogens with zero attached hydrogens (tertiary/aromatic N) is 4. The summed E-state index contributed by atoms with van der Waals surface area (Å²) in [5, 5.41) is 3.92. The summed E-state index contributed by atoms with van der Waals surface area (Å²) in [6.45, 7) is 7.33. The van der Waals surface area contributed by atoms with E-state index in [0.717, 1.165) is 18.7 Å². The molecule has 0 bridgehead atoms. The maximum Gasteiger partial charge on any atom is 0.227 e. The molecule has 0 radical (unpaired) electrons. The Morgan fingerprint density at radius 2 is 1.81 bits per heavy atom. The van der Waals surface area contributed by atoms with Crippen molar-refractivity contribution < 1.29 is 9.32 Å². The van der Waals surface area contributed by atoms with Crippen LogP contribution in [-0.2, 0) is 11.3 Å². The molecule has 1 amide bonds. The van der Waals surface area contributed by atoms with Gasteiger partial charge in [0.15, 0.2) is 5.82 Å². The molecule has 2 N–H and O–H groups in total. The van der Waals surface area contributed by atoms with Gasteiger partial charge >= 0.3 is 0 Å². The molecule has 2 unspecified atom stereocenters. The molecule has 1 aliphatic rings. The van der Waals surface area contributed by atoms with Crippen molar-refractivity contribution in [2.75, 3.05) is 26.2 Å². The third-order valence-corrected chi connectivity index (χ3v) is 4.73. The summed E-state index contributed by atoms with van der Waals surface area (Å²) >= 11 is 0. The van der Waals surface area contributed by atoms with Gasteiger partial charge in [0.05, 0.1) is 12.5 Å². The Labute approximate surface area is 172 Å². The minimum atomic E-state index is -0.283. The maximum atomic E-state index is 12.8. The molecule has 150 valence electrons. The van der Waals surface area contributed by atoms with Crippen LogP contribution in [0.4, 0.5) is 0 Å².